The van der Waals surface area contributed by atoms with Gasteiger partial charge in [0, 0.05) is 25.2 Å². The summed E-state index contributed by atoms with van der Waals surface area (Å²) in [5.41, 5.74) is 5.84. The van der Waals surface area contributed by atoms with Crippen molar-refractivity contribution in [1.82, 2.24) is 5.32 Å². The second kappa shape index (κ2) is 4.40. The molecule has 0 amide bonds. The molecular weight excluding hydrogens is 164 g/mol. The third-order valence-corrected chi connectivity index (χ3v) is 3.13. The maximum atomic E-state index is 5.84. The molecule has 13 heavy (non-hydrogen) atoms. The summed E-state index contributed by atoms with van der Waals surface area (Å²) in [6.45, 7) is 1.98. The van der Waals surface area contributed by atoms with Crippen LogP contribution >= 0.6 is 0 Å². The van der Waals surface area contributed by atoms with Crippen molar-refractivity contribution in [1.29, 1.82) is 0 Å². The van der Waals surface area contributed by atoms with E-state index in [2.05, 4.69) is 5.32 Å². The molecule has 2 aliphatic rings. The first-order valence-corrected chi connectivity index (χ1v) is 5.45. The molecule has 3 N–H and O–H groups in total. The van der Waals surface area contributed by atoms with Crippen LogP contribution in [0.3, 0.4) is 0 Å². The largest absolute Gasteiger partial charge is 0.377 e. The Morgan fingerprint density at radius 3 is 2.85 bits per heavy atom. The molecule has 0 aromatic rings. The fraction of sp³-hybridized carbons (Fsp3) is 1.00. The highest BCUT2D eigenvalue weighted by atomic mass is 16.5. The highest BCUT2D eigenvalue weighted by molar-refractivity contribution is 4.83. The molecule has 2 fully saturated rings. The van der Waals surface area contributed by atoms with Gasteiger partial charge in [-0.1, -0.05) is 0 Å². The first-order chi connectivity index (χ1) is 6.34. The van der Waals surface area contributed by atoms with Crippen LogP contribution in [0.25, 0.3) is 0 Å². The summed E-state index contributed by atoms with van der Waals surface area (Å²) in [5.74, 6) is 0. The summed E-state index contributed by atoms with van der Waals surface area (Å²) in [7, 11) is 0. The van der Waals surface area contributed by atoms with Crippen molar-refractivity contribution in [3.63, 3.8) is 0 Å². The Balaban J connectivity index is 1.62. The van der Waals surface area contributed by atoms with Gasteiger partial charge in [-0.2, -0.15) is 0 Å². The molecule has 1 aliphatic carbocycles. The first kappa shape index (κ1) is 9.44. The molecular formula is C10H20N2O. The van der Waals surface area contributed by atoms with Gasteiger partial charge in [-0.15, -0.1) is 0 Å². The van der Waals surface area contributed by atoms with Gasteiger partial charge < -0.3 is 15.8 Å². The van der Waals surface area contributed by atoms with Gasteiger partial charge in [0.15, 0.2) is 0 Å². The average Bonchev–Trinajstić information content (AvgIpc) is 2.71. The van der Waals surface area contributed by atoms with E-state index in [0.717, 1.165) is 19.6 Å². The van der Waals surface area contributed by atoms with Crippen LogP contribution in [-0.2, 0) is 4.74 Å². The topological polar surface area (TPSA) is 47.3 Å². The predicted octanol–water partition coefficient (Wildman–Crippen LogP) is 0.635. The number of hydrogen-bond acceptors (Lipinski definition) is 3. The number of nitrogens with one attached hydrogen (secondary N) is 1. The van der Waals surface area contributed by atoms with E-state index >= 15 is 0 Å². The fourth-order valence-corrected chi connectivity index (χ4v) is 2.31. The Hall–Kier alpha value is -0.120. The van der Waals surface area contributed by atoms with Gasteiger partial charge in [-0.25, -0.2) is 0 Å². The third-order valence-electron chi connectivity index (χ3n) is 3.13. The van der Waals surface area contributed by atoms with Crippen LogP contribution in [0.5, 0.6) is 0 Å². The minimum Gasteiger partial charge on any atom is -0.377 e. The van der Waals surface area contributed by atoms with Gasteiger partial charge >= 0.3 is 0 Å². The molecule has 1 saturated carbocycles. The molecule has 1 aliphatic heterocycles. The zero-order valence-corrected chi connectivity index (χ0v) is 8.17. The van der Waals surface area contributed by atoms with Crippen molar-refractivity contribution in [3.05, 3.63) is 0 Å². The first-order valence-electron chi connectivity index (χ1n) is 5.45. The van der Waals surface area contributed by atoms with E-state index in [1.165, 1.54) is 25.7 Å². The molecule has 2 rings (SSSR count). The van der Waals surface area contributed by atoms with E-state index in [4.69, 9.17) is 10.5 Å². The Morgan fingerprint density at radius 2 is 2.23 bits per heavy atom. The summed E-state index contributed by atoms with van der Waals surface area (Å²) in [4.78, 5) is 0. The van der Waals surface area contributed by atoms with Crippen LogP contribution < -0.4 is 11.1 Å². The minimum absolute atomic E-state index is 0.432. The third kappa shape index (κ3) is 2.66. The lowest BCUT2D eigenvalue weighted by molar-refractivity contribution is 0.107. The Labute approximate surface area is 80.0 Å². The Kier molecular flexibility index (Phi) is 3.19. The summed E-state index contributed by atoms with van der Waals surface area (Å²) >= 11 is 0. The van der Waals surface area contributed by atoms with E-state index in [-0.39, 0.29) is 0 Å². The number of rotatable bonds is 3. The molecule has 1 heterocycles. The molecule has 0 spiro atoms. The molecule has 3 heteroatoms. The van der Waals surface area contributed by atoms with Crippen molar-refractivity contribution < 1.29 is 4.74 Å². The molecule has 0 aromatic heterocycles. The lowest BCUT2D eigenvalue weighted by Crippen LogP contribution is -2.34. The van der Waals surface area contributed by atoms with Crippen LogP contribution in [0.1, 0.15) is 32.1 Å². The predicted molar refractivity (Wildman–Crippen MR) is 52.6 cm³/mol. The Bertz CT molecular complexity index is 157. The summed E-state index contributed by atoms with van der Waals surface area (Å²) < 4.78 is 5.55. The standard InChI is InChI=1S/C10H20N2O/c11-8-3-4-9(6-8)12-7-10-2-1-5-13-10/h8-10,12H,1-7,11H2. The van der Waals surface area contributed by atoms with E-state index in [1.807, 2.05) is 0 Å². The van der Waals surface area contributed by atoms with Gasteiger partial charge in [0.05, 0.1) is 6.10 Å². The molecule has 0 radical (unpaired) electrons. The number of nitrogens with two attached hydrogens (primary N) is 1. The fourth-order valence-electron chi connectivity index (χ4n) is 2.31. The van der Waals surface area contributed by atoms with Gasteiger partial charge in [-0.05, 0) is 32.1 Å². The van der Waals surface area contributed by atoms with Crippen LogP contribution in [0.2, 0.25) is 0 Å². The van der Waals surface area contributed by atoms with Crippen LogP contribution in [-0.4, -0.2) is 31.3 Å². The van der Waals surface area contributed by atoms with E-state index in [0.29, 0.717) is 18.2 Å². The minimum atomic E-state index is 0.432. The normalized spacial score (nSPS) is 39.9. The van der Waals surface area contributed by atoms with Crippen molar-refractivity contribution in [2.45, 2.75) is 50.3 Å². The lowest BCUT2D eigenvalue weighted by Gasteiger charge is -2.15. The molecule has 0 aromatic carbocycles. The van der Waals surface area contributed by atoms with Gasteiger partial charge in [0.1, 0.15) is 0 Å². The molecule has 3 nitrogen and oxygen atoms in total. The number of ether oxygens (including phenoxy) is 1. The smallest absolute Gasteiger partial charge is 0.0700 e. The summed E-state index contributed by atoms with van der Waals surface area (Å²) in [5, 5.41) is 3.55. The van der Waals surface area contributed by atoms with Gasteiger partial charge in [-0.3, -0.25) is 0 Å². The molecule has 0 bridgehead atoms. The zero-order chi connectivity index (χ0) is 9.10. The Morgan fingerprint density at radius 1 is 1.31 bits per heavy atom. The van der Waals surface area contributed by atoms with Gasteiger partial charge in [0.2, 0.25) is 0 Å². The maximum Gasteiger partial charge on any atom is 0.0700 e. The average molecular weight is 184 g/mol. The van der Waals surface area contributed by atoms with E-state index < -0.39 is 0 Å². The van der Waals surface area contributed by atoms with Gasteiger partial charge in [0.25, 0.3) is 0 Å². The van der Waals surface area contributed by atoms with Crippen molar-refractivity contribution in [2.24, 2.45) is 5.73 Å². The van der Waals surface area contributed by atoms with Crippen molar-refractivity contribution >= 4 is 0 Å². The van der Waals surface area contributed by atoms with E-state index in [1.54, 1.807) is 0 Å². The van der Waals surface area contributed by atoms with Crippen LogP contribution in [0.4, 0.5) is 0 Å². The quantitative estimate of drug-likeness (QED) is 0.676. The summed E-state index contributed by atoms with van der Waals surface area (Å²) in [6, 6.07) is 1.08. The summed E-state index contributed by atoms with van der Waals surface area (Å²) in [6.07, 6.45) is 6.50. The second-order valence-corrected chi connectivity index (χ2v) is 4.31. The lowest BCUT2D eigenvalue weighted by atomic mass is 10.2. The van der Waals surface area contributed by atoms with Crippen molar-refractivity contribution in [2.75, 3.05) is 13.2 Å². The van der Waals surface area contributed by atoms with Crippen LogP contribution in [0, 0.1) is 0 Å². The van der Waals surface area contributed by atoms with Crippen molar-refractivity contribution in [3.8, 4) is 0 Å². The highest BCUT2D eigenvalue weighted by Gasteiger charge is 2.23. The van der Waals surface area contributed by atoms with Crippen LogP contribution in [0.15, 0.2) is 0 Å². The molecule has 3 atom stereocenters. The zero-order valence-electron chi connectivity index (χ0n) is 8.17. The maximum absolute atomic E-state index is 5.84. The molecule has 3 unspecified atom stereocenters. The van der Waals surface area contributed by atoms with E-state index in [9.17, 15) is 0 Å². The monoisotopic (exact) mass is 184 g/mol. The highest BCUT2D eigenvalue weighted by Crippen LogP contribution is 2.18. The second-order valence-electron chi connectivity index (χ2n) is 4.31. The number of hydrogen-bond donors (Lipinski definition) is 2. The molecule has 76 valence electrons. The SMILES string of the molecule is NC1CCC(NCC2CCCO2)C1. The molecule has 1 saturated heterocycles.